The highest BCUT2D eigenvalue weighted by Crippen LogP contribution is 2.33. The maximum atomic E-state index is 12.6. The van der Waals surface area contributed by atoms with Crippen LogP contribution in [-0.2, 0) is 11.3 Å². The van der Waals surface area contributed by atoms with Gasteiger partial charge in [-0.25, -0.2) is 0 Å². The summed E-state index contributed by atoms with van der Waals surface area (Å²) >= 11 is 2.71. The van der Waals surface area contributed by atoms with E-state index in [1.54, 1.807) is 11.3 Å². The van der Waals surface area contributed by atoms with Crippen molar-refractivity contribution >= 4 is 40.6 Å². The Kier molecular flexibility index (Phi) is 5.58. The van der Waals surface area contributed by atoms with E-state index in [9.17, 15) is 19.7 Å². The molecular formula is C17H17N3O4S2. The third-order valence-corrected chi connectivity index (χ3v) is 5.91. The molecule has 0 saturated heterocycles. The van der Waals surface area contributed by atoms with Gasteiger partial charge in [0.1, 0.15) is 0 Å². The second kappa shape index (κ2) is 7.88. The van der Waals surface area contributed by atoms with Crippen molar-refractivity contribution in [2.75, 3.05) is 5.75 Å². The van der Waals surface area contributed by atoms with Crippen LogP contribution in [0.3, 0.4) is 0 Å². The van der Waals surface area contributed by atoms with Crippen LogP contribution in [0, 0.1) is 10.1 Å². The van der Waals surface area contributed by atoms with E-state index in [2.05, 4.69) is 0 Å². The van der Waals surface area contributed by atoms with Crippen molar-refractivity contribution in [3.63, 3.8) is 0 Å². The highest BCUT2D eigenvalue weighted by Gasteiger charge is 2.32. The van der Waals surface area contributed by atoms with Crippen molar-refractivity contribution < 1.29 is 14.5 Å². The molecule has 0 radical (unpaired) electrons. The molecule has 0 spiro atoms. The Labute approximate surface area is 158 Å². The molecule has 2 aromatic rings. The molecule has 1 fully saturated rings. The van der Waals surface area contributed by atoms with Gasteiger partial charge in [-0.15, -0.1) is 23.1 Å². The van der Waals surface area contributed by atoms with Crippen LogP contribution in [-0.4, -0.2) is 33.4 Å². The largest absolute Gasteiger partial charge is 0.366 e. The molecule has 1 heterocycles. The van der Waals surface area contributed by atoms with Crippen molar-refractivity contribution in [1.29, 1.82) is 0 Å². The van der Waals surface area contributed by atoms with Gasteiger partial charge in [0.15, 0.2) is 0 Å². The number of amides is 2. The molecular weight excluding hydrogens is 374 g/mol. The van der Waals surface area contributed by atoms with Gasteiger partial charge in [-0.05, 0) is 36.4 Å². The normalized spacial score (nSPS) is 13.4. The number of primary amides is 1. The summed E-state index contributed by atoms with van der Waals surface area (Å²) in [6, 6.07) is 8.27. The summed E-state index contributed by atoms with van der Waals surface area (Å²) < 4.78 is 0. The predicted octanol–water partition coefficient (Wildman–Crippen LogP) is 3.04. The van der Waals surface area contributed by atoms with Crippen molar-refractivity contribution in [2.45, 2.75) is 30.3 Å². The number of nitrogens with zero attached hydrogens (tertiary/aromatic N) is 2. The fourth-order valence-electron chi connectivity index (χ4n) is 2.54. The zero-order valence-electron chi connectivity index (χ0n) is 13.8. The highest BCUT2D eigenvalue weighted by molar-refractivity contribution is 8.00. The minimum Gasteiger partial charge on any atom is -0.366 e. The number of rotatable bonds is 8. The first kappa shape index (κ1) is 18.4. The van der Waals surface area contributed by atoms with Gasteiger partial charge < -0.3 is 10.6 Å². The molecule has 26 heavy (non-hydrogen) atoms. The van der Waals surface area contributed by atoms with Gasteiger partial charge in [-0.3, -0.25) is 19.7 Å². The van der Waals surface area contributed by atoms with Crippen LogP contribution < -0.4 is 5.73 Å². The van der Waals surface area contributed by atoms with E-state index in [0.717, 1.165) is 35.5 Å². The number of carbonyl (C=O) groups excluding carboxylic acids is 2. The molecule has 0 aliphatic heterocycles. The van der Waals surface area contributed by atoms with Gasteiger partial charge in [-0.1, -0.05) is 6.07 Å². The first-order valence-electron chi connectivity index (χ1n) is 7.98. The Morgan fingerprint density at radius 2 is 2.12 bits per heavy atom. The number of thioether (sulfide) groups is 1. The number of hydrogen-bond donors (Lipinski definition) is 1. The lowest BCUT2D eigenvalue weighted by Gasteiger charge is -2.21. The van der Waals surface area contributed by atoms with Gasteiger partial charge in [0, 0.05) is 22.5 Å². The molecule has 0 unspecified atom stereocenters. The Morgan fingerprint density at radius 1 is 1.35 bits per heavy atom. The van der Waals surface area contributed by atoms with Gasteiger partial charge in [0.25, 0.3) is 5.69 Å². The van der Waals surface area contributed by atoms with Crippen LogP contribution in [0.4, 0.5) is 5.69 Å². The van der Waals surface area contributed by atoms with Crippen molar-refractivity contribution in [2.24, 2.45) is 5.73 Å². The van der Waals surface area contributed by atoms with Gasteiger partial charge in [-0.2, -0.15) is 0 Å². The molecule has 2 amide bonds. The Bertz CT molecular complexity index is 835. The number of nitro benzene ring substituents is 1. The lowest BCUT2D eigenvalue weighted by atomic mass is 10.2. The third kappa shape index (κ3) is 4.41. The number of nitrogens with two attached hydrogens (primary N) is 1. The summed E-state index contributed by atoms with van der Waals surface area (Å²) in [6.07, 6.45) is 1.99. The monoisotopic (exact) mass is 391 g/mol. The number of benzene rings is 1. The van der Waals surface area contributed by atoms with E-state index in [1.807, 2.05) is 22.4 Å². The van der Waals surface area contributed by atoms with Crippen LogP contribution in [0.2, 0.25) is 0 Å². The first-order valence-corrected chi connectivity index (χ1v) is 9.85. The molecule has 136 valence electrons. The van der Waals surface area contributed by atoms with Crippen LogP contribution >= 0.6 is 23.1 Å². The SMILES string of the molecule is NC(=O)c1ccc(SCC(=O)N(Cc2cccs2)C2CC2)c([N+](=O)[O-])c1. The fraction of sp³-hybridized carbons (Fsp3) is 0.294. The second-order valence-corrected chi connectivity index (χ2v) is 7.97. The quantitative estimate of drug-likeness (QED) is 0.423. The third-order valence-electron chi connectivity index (χ3n) is 4.01. The van der Waals surface area contributed by atoms with Crippen molar-refractivity contribution in [3.05, 3.63) is 56.3 Å². The minimum atomic E-state index is -0.725. The molecule has 0 bridgehead atoms. The average Bonchev–Trinajstić information content (AvgIpc) is 3.32. The molecule has 1 aliphatic rings. The molecule has 1 aromatic carbocycles. The number of nitro groups is 1. The van der Waals surface area contributed by atoms with Gasteiger partial charge >= 0.3 is 0 Å². The summed E-state index contributed by atoms with van der Waals surface area (Å²) in [7, 11) is 0. The van der Waals surface area contributed by atoms with Crippen molar-refractivity contribution in [3.8, 4) is 0 Å². The molecule has 1 saturated carbocycles. The maximum Gasteiger partial charge on any atom is 0.283 e. The van der Waals surface area contributed by atoms with Crippen LogP contribution in [0.25, 0.3) is 0 Å². The van der Waals surface area contributed by atoms with Crippen LogP contribution in [0.5, 0.6) is 0 Å². The number of thiophene rings is 1. The Morgan fingerprint density at radius 3 is 2.69 bits per heavy atom. The van der Waals surface area contributed by atoms with E-state index in [4.69, 9.17) is 5.73 Å². The standard InChI is InChI=1S/C17H17N3O4S2/c18-17(22)11-3-6-15(14(8-11)20(23)24)26-10-16(21)19(12-4-5-12)9-13-2-1-7-25-13/h1-3,6-8,12H,4-5,9-10H2,(H2,18,22). The summed E-state index contributed by atoms with van der Waals surface area (Å²) in [4.78, 5) is 37.9. The van der Waals surface area contributed by atoms with Gasteiger partial charge in [0.05, 0.1) is 22.1 Å². The average molecular weight is 391 g/mol. The van der Waals surface area contributed by atoms with E-state index in [1.165, 1.54) is 12.1 Å². The molecule has 0 atom stereocenters. The molecule has 7 nitrogen and oxygen atoms in total. The molecule has 1 aromatic heterocycles. The Balaban J connectivity index is 1.70. The maximum absolute atomic E-state index is 12.6. The number of hydrogen-bond acceptors (Lipinski definition) is 6. The molecule has 1 aliphatic carbocycles. The zero-order chi connectivity index (χ0) is 18.7. The topological polar surface area (TPSA) is 107 Å². The van der Waals surface area contributed by atoms with Gasteiger partial charge in [0.2, 0.25) is 11.8 Å². The smallest absolute Gasteiger partial charge is 0.283 e. The minimum absolute atomic E-state index is 0.0424. The zero-order valence-corrected chi connectivity index (χ0v) is 15.4. The number of carbonyl (C=O) groups is 2. The Hall–Kier alpha value is -2.39. The molecule has 3 rings (SSSR count). The summed E-state index contributed by atoms with van der Waals surface area (Å²) in [5.74, 6) is -0.658. The van der Waals surface area contributed by atoms with E-state index >= 15 is 0 Å². The predicted molar refractivity (Wildman–Crippen MR) is 100 cm³/mol. The fourth-order valence-corrected chi connectivity index (χ4v) is 4.13. The van der Waals surface area contributed by atoms with E-state index in [-0.39, 0.29) is 29.0 Å². The van der Waals surface area contributed by atoms with Crippen LogP contribution in [0.15, 0.2) is 40.6 Å². The van der Waals surface area contributed by atoms with E-state index in [0.29, 0.717) is 11.4 Å². The van der Waals surface area contributed by atoms with E-state index < -0.39 is 10.8 Å². The van der Waals surface area contributed by atoms with Crippen LogP contribution in [0.1, 0.15) is 28.1 Å². The lowest BCUT2D eigenvalue weighted by molar-refractivity contribution is -0.387. The van der Waals surface area contributed by atoms with Crippen molar-refractivity contribution in [1.82, 2.24) is 4.90 Å². The summed E-state index contributed by atoms with van der Waals surface area (Å²) in [6.45, 7) is 0.574. The molecule has 2 N–H and O–H groups in total. The highest BCUT2D eigenvalue weighted by atomic mass is 32.2. The lowest BCUT2D eigenvalue weighted by Crippen LogP contribution is -2.33. The second-order valence-electron chi connectivity index (χ2n) is 5.92. The first-order chi connectivity index (χ1) is 12.5. The summed E-state index contributed by atoms with van der Waals surface area (Å²) in [5.41, 5.74) is 5.03. The summed E-state index contributed by atoms with van der Waals surface area (Å²) in [5, 5.41) is 13.2. The molecule has 9 heteroatoms.